The molecule has 10 heteroatoms. The minimum Gasteiger partial charge on any atom is -0.504 e. The SMILES string of the molecule is N#C/C(=C\c1ccc(O)c(O)c1)C(=O)NC1CCCC[C@@H]1NC(=O)/C(C#N)=C/c1ccc(O)c(O)c1. The van der Waals surface area contributed by atoms with Gasteiger partial charge < -0.3 is 31.1 Å². The first-order valence-corrected chi connectivity index (χ1v) is 11.1. The molecule has 6 N–H and O–H groups in total. The first-order valence-electron chi connectivity index (χ1n) is 11.1. The van der Waals surface area contributed by atoms with Gasteiger partial charge in [0.15, 0.2) is 23.0 Å². The van der Waals surface area contributed by atoms with Crippen molar-refractivity contribution in [2.75, 3.05) is 0 Å². The number of aromatic hydroxyl groups is 4. The number of nitriles is 2. The molecule has 2 amide bonds. The Morgan fingerprint density at radius 1 is 0.722 bits per heavy atom. The molecule has 1 saturated carbocycles. The molecule has 0 spiro atoms. The van der Waals surface area contributed by atoms with Crippen molar-refractivity contribution in [2.45, 2.75) is 37.8 Å². The van der Waals surface area contributed by atoms with E-state index in [2.05, 4.69) is 10.6 Å². The van der Waals surface area contributed by atoms with E-state index in [1.54, 1.807) is 0 Å². The van der Waals surface area contributed by atoms with Gasteiger partial charge in [-0.15, -0.1) is 0 Å². The van der Waals surface area contributed by atoms with Gasteiger partial charge in [-0.3, -0.25) is 9.59 Å². The Morgan fingerprint density at radius 2 is 1.11 bits per heavy atom. The number of hydrogen-bond donors (Lipinski definition) is 6. The molecule has 2 atom stereocenters. The molecule has 3 rings (SSSR count). The summed E-state index contributed by atoms with van der Waals surface area (Å²) in [6.45, 7) is 0. The van der Waals surface area contributed by atoms with Crippen LogP contribution in [-0.4, -0.2) is 44.3 Å². The summed E-state index contributed by atoms with van der Waals surface area (Å²) in [6.07, 6.45) is 5.23. The summed E-state index contributed by atoms with van der Waals surface area (Å²) >= 11 is 0. The van der Waals surface area contributed by atoms with Gasteiger partial charge in [-0.1, -0.05) is 25.0 Å². The van der Waals surface area contributed by atoms with Crippen molar-refractivity contribution in [2.24, 2.45) is 0 Å². The van der Waals surface area contributed by atoms with E-state index >= 15 is 0 Å². The second-order valence-corrected chi connectivity index (χ2v) is 8.28. The van der Waals surface area contributed by atoms with Gasteiger partial charge in [0.1, 0.15) is 23.3 Å². The molecule has 1 fully saturated rings. The molecule has 1 aliphatic rings. The quantitative estimate of drug-likeness (QED) is 0.203. The van der Waals surface area contributed by atoms with Gasteiger partial charge in [0.05, 0.1) is 0 Å². The lowest BCUT2D eigenvalue weighted by Gasteiger charge is -2.32. The normalized spacial score (nSPS) is 17.9. The molecule has 1 unspecified atom stereocenters. The van der Waals surface area contributed by atoms with Gasteiger partial charge in [-0.25, -0.2) is 0 Å². The van der Waals surface area contributed by atoms with Gasteiger partial charge in [-0.2, -0.15) is 10.5 Å². The van der Waals surface area contributed by atoms with Gasteiger partial charge in [-0.05, 0) is 60.4 Å². The predicted octanol–water partition coefficient (Wildman–Crippen LogP) is 2.57. The van der Waals surface area contributed by atoms with Crippen LogP contribution in [0.4, 0.5) is 0 Å². The number of carbonyl (C=O) groups is 2. The second-order valence-electron chi connectivity index (χ2n) is 8.28. The fourth-order valence-electron chi connectivity index (χ4n) is 3.86. The lowest BCUT2D eigenvalue weighted by molar-refractivity contribution is -0.120. The molecule has 0 bridgehead atoms. The van der Waals surface area contributed by atoms with Gasteiger partial charge in [0, 0.05) is 12.1 Å². The fourth-order valence-corrected chi connectivity index (χ4v) is 3.86. The highest BCUT2D eigenvalue weighted by Gasteiger charge is 2.29. The van der Waals surface area contributed by atoms with Crippen LogP contribution in [0, 0.1) is 22.7 Å². The number of hydrogen-bond acceptors (Lipinski definition) is 8. The summed E-state index contributed by atoms with van der Waals surface area (Å²) in [4.78, 5) is 25.6. The molecule has 36 heavy (non-hydrogen) atoms. The number of phenols is 4. The average Bonchev–Trinajstić information content (AvgIpc) is 2.86. The zero-order valence-corrected chi connectivity index (χ0v) is 19.1. The molecule has 1 aliphatic carbocycles. The lowest BCUT2D eigenvalue weighted by atomic mass is 9.89. The van der Waals surface area contributed by atoms with Crippen LogP contribution >= 0.6 is 0 Å². The monoisotopic (exact) mass is 488 g/mol. The highest BCUT2D eigenvalue weighted by atomic mass is 16.3. The summed E-state index contributed by atoms with van der Waals surface area (Å²) < 4.78 is 0. The maximum Gasteiger partial charge on any atom is 0.262 e. The molecule has 10 nitrogen and oxygen atoms in total. The van der Waals surface area contributed by atoms with E-state index in [0.29, 0.717) is 24.0 Å². The molecule has 2 aromatic rings. The van der Waals surface area contributed by atoms with E-state index < -0.39 is 23.9 Å². The average molecular weight is 489 g/mol. The van der Waals surface area contributed by atoms with Crippen LogP contribution in [0.15, 0.2) is 47.5 Å². The first kappa shape index (κ1) is 25.7. The largest absolute Gasteiger partial charge is 0.504 e. The van der Waals surface area contributed by atoms with Crippen molar-refractivity contribution in [1.29, 1.82) is 10.5 Å². The van der Waals surface area contributed by atoms with Crippen LogP contribution in [0.2, 0.25) is 0 Å². The number of nitrogens with zero attached hydrogens (tertiary/aromatic N) is 2. The number of rotatable bonds is 6. The Kier molecular flexibility index (Phi) is 8.16. The molecule has 0 saturated heterocycles. The van der Waals surface area contributed by atoms with Crippen molar-refractivity contribution in [3.63, 3.8) is 0 Å². The van der Waals surface area contributed by atoms with Crippen molar-refractivity contribution >= 4 is 24.0 Å². The third kappa shape index (κ3) is 6.33. The van der Waals surface area contributed by atoms with Crippen LogP contribution < -0.4 is 10.6 Å². The zero-order chi connectivity index (χ0) is 26.2. The van der Waals surface area contributed by atoms with Crippen molar-refractivity contribution in [3.05, 3.63) is 58.7 Å². The third-order valence-electron chi connectivity index (χ3n) is 5.75. The molecule has 0 aromatic heterocycles. The second kappa shape index (κ2) is 11.4. The maximum atomic E-state index is 12.8. The number of amides is 2. The maximum absolute atomic E-state index is 12.8. The fraction of sp³-hybridized carbons (Fsp3) is 0.231. The van der Waals surface area contributed by atoms with E-state index in [4.69, 9.17) is 0 Å². The number of phenolic OH excluding ortho intramolecular Hbond substituents is 4. The highest BCUT2D eigenvalue weighted by Crippen LogP contribution is 2.27. The molecular weight excluding hydrogens is 464 g/mol. The molecule has 0 aliphatic heterocycles. The van der Waals surface area contributed by atoms with Crippen LogP contribution in [0.3, 0.4) is 0 Å². The topological polar surface area (TPSA) is 187 Å². The molecule has 0 heterocycles. The Hall–Kier alpha value is -4.96. The molecule has 184 valence electrons. The first-order chi connectivity index (χ1) is 17.2. The van der Waals surface area contributed by atoms with E-state index in [0.717, 1.165) is 12.8 Å². The number of carbonyl (C=O) groups excluding carboxylic acids is 2. The zero-order valence-electron chi connectivity index (χ0n) is 19.1. The van der Waals surface area contributed by atoms with E-state index in [1.807, 2.05) is 12.1 Å². The van der Waals surface area contributed by atoms with Gasteiger partial charge >= 0.3 is 0 Å². The Balaban J connectivity index is 1.73. The smallest absolute Gasteiger partial charge is 0.262 e. The van der Waals surface area contributed by atoms with Gasteiger partial charge in [0.25, 0.3) is 11.8 Å². The Labute approximate surface area is 207 Å². The highest BCUT2D eigenvalue weighted by molar-refractivity contribution is 6.03. The van der Waals surface area contributed by atoms with Crippen LogP contribution in [-0.2, 0) is 9.59 Å². The molecule has 0 radical (unpaired) electrons. The lowest BCUT2D eigenvalue weighted by Crippen LogP contribution is -2.53. The van der Waals surface area contributed by atoms with Crippen LogP contribution in [0.1, 0.15) is 36.8 Å². The van der Waals surface area contributed by atoms with E-state index in [-0.39, 0.29) is 34.1 Å². The minimum absolute atomic E-state index is 0.222. The summed E-state index contributed by atoms with van der Waals surface area (Å²) in [5.74, 6) is -2.76. The Bertz CT molecular complexity index is 1220. The summed E-state index contributed by atoms with van der Waals surface area (Å²) in [5, 5.41) is 62.6. The van der Waals surface area contributed by atoms with Crippen LogP contribution in [0.5, 0.6) is 23.0 Å². The number of nitrogens with one attached hydrogen (secondary N) is 2. The standard InChI is InChI=1S/C26H24N4O6/c27-13-17(9-15-5-7-21(31)23(33)11-15)25(35)29-19-3-1-2-4-20(19)30-26(36)18(14-28)10-16-6-8-22(32)24(34)12-16/h5-12,19-20,31-34H,1-4H2,(H,29,35)(H,30,36)/b17-9+,18-10+/t19-,20?/m0/s1. The summed E-state index contributed by atoms with van der Waals surface area (Å²) in [5.41, 5.74) is 0.241. The Morgan fingerprint density at radius 3 is 1.44 bits per heavy atom. The minimum atomic E-state index is -0.660. The van der Waals surface area contributed by atoms with Crippen LogP contribution in [0.25, 0.3) is 12.2 Å². The molecule has 2 aromatic carbocycles. The van der Waals surface area contributed by atoms with Crippen molar-refractivity contribution in [3.8, 4) is 35.1 Å². The number of benzene rings is 2. The van der Waals surface area contributed by atoms with Crippen molar-refractivity contribution in [1.82, 2.24) is 10.6 Å². The van der Waals surface area contributed by atoms with E-state index in [1.165, 1.54) is 48.6 Å². The third-order valence-corrected chi connectivity index (χ3v) is 5.75. The van der Waals surface area contributed by atoms with Crippen molar-refractivity contribution < 1.29 is 30.0 Å². The summed E-state index contributed by atoms with van der Waals surface area (Å²) in [6, 6.07) is 10.4. The van der Waals surface area contributed by atoms with E-state index in [9.17, 15) is 40.5 Å². The summed E-state index contributed by atoms with van der Waals surface area (Å²) in [7, 11) is 0. The molecular formula is C26H24N4O6. The predicted molar refractivity (Wildman–Crippen MR) is 129 cm³/mol. The van der Waals surface area contributed by atoms with Gasteiger partial charge in [0.2, 0.25) is 0 Å².